The molecular formula is C15H18N6. The molecule has 1 aromatic carbocycles. The molecule has 0 aliphatic heterocycles. The van der Waals surface area contributed by atoms with E-state index in [0.29, 0.717) is 6.54 Å². The van der Waals surface area contributed by atoms with Gasteiger partial charge < -0.3 is 10.3 Å². The molecule has 6 nitrogen and oxygen atoms in total. The summed E-state index contributed by atoms with van der Waals surface area (Å²) in [4.78, 5) is 8.45. The van der Waals surface area contributed by atoms with Gasteiger partial charge in [0.25, 0.3) is 0 Å². The summed E-state index contributed by atoms with van der Waals surface area (Å²) < 4.78 is 3.69. The van der Waals surface area contributed by atoms with Crippen molar-refractivity contribution in [2.24, 2.45) is 12.8 Å². The first-order chi connectivity index (χ1) is 10.2. The summed E-state index contributed by atoms with van der Waals surface area (Å²) in [6.45, 7) is 0.582. The monoisotopic (exact) mass is 282 g/mol. The molecule has 0 fully saturated rings. The maximum Gasteiger partial charge on any atom is 0.170 e. The Morgan fingerprint density at radius 1 is 1.19 bits per heavy atom. The fourth-order valence-corrected chi connectivity index (χ4v) is 2.35. The summed E-state index contributed by atoms with van der Waals surface area (Å²) >= 11 is 0. The molecule has 1 atom stereocenters. The minimum atomic E-state index is -0.0985. The molecule has 6 heteroatoms. The zero-order chi connectivity index (χ0) is 14.7. The number of hydrogen-bond donors (Lipinski definition) is 1. The highest BCUT2D eigenvalue weighted by Gasteiger charge is 2.13. The third-order valence-electron chi connectivity index (χ3n) is 3.38. The van der Waals surface area contributed by atoms with E-state index in [0.717, 1.165) is 17.9 Å². The molecule has 108 valence electrons. The van der Waals surface area contributed by atoms with E-state index in [9.17, 15) is 0 Å². The number of aromatic nitrogens is 5. The zero-order valence-electron chi connectivity index (χ0n) is 11.9. The van der Waals surface area contributed by atoms with Gasteiger partial charge in [0.05, 0.1) is 24.6 Å². The van der Waals surface area contributed by atoms with Gasteiger partial charge in [-0.2, -0.15) is 5.10 Å². The first kappa shape index (κ1) is 13.5. The van der Waals surface area contributed by atoms with Gasteiger partial charge in [0, 0.05) is 13.2 Å². The standard InChI is InChI=1S/C15H18N6/c1-20-11-18-15(19-20)9-21-10-17-8-14(21)13(16)7-12-5-3-2-4-6-12/h2-6,8,10-11,13H,7,9,16H2,1H3/t13-/m1/s1. The largest absolute Gasteiger partial charge is 0.325 e. The molecule has 0 bridgehead atoms. The van der Waals surface area contributed by atoms with Crippen LogP contribution in [-0.2, 0) is 20.0 Å². The lowest BCUT2D eigenvalue weighted by molar-refractivity contribution is 0.615. The number of aryl methyl sites for hydroxylation is 1. The van der Waals surface area contributed by atoms with Crippen molar-refractivity contribution in [3.63, 3.8) is 0 Å². The van der Waals surface area contributed by atoms with E-state index in [2.05, 4.69) is 27.2 Å². The van der Waals surface area contributed by atoms with E-state index in [-0.39, 0.29) is 6.04 Å². The van der Waals surface area contributed by atoms with Gasteiger partial charge >= 0.3 is 0 Å². The molecule has 0 amide bonds. The number of nitrogens with two attached hydrogens (primary N) is 1. The maximum atomic E-state index is 6.32. The summed E-state index contributed by atoms with van der Waals surface area (Å²) in [6.07, 6.45) is 6.06. The molecule has 3 rings (SSSR count). The van der Waals surface area contributed by atoms with Gasteiger partial charge in [-0.25, -0.2) is 9.97 Å². The Labute approximate surface area is 123 Å². The Kier molecular flexibility index (Phi) is 3.79. The van der Waals surface area contributed by atoms with Crippen molar-refractivity contribution in [2.75, 3.05) is 0 Å². The summed E-state index contributed by atoms with van der Waals surface area (Å²) in [6, 6.07) is 10.1. The van der Waals surface area contributed by atoms with Gasteiger partial charge in [0.1, 0.15) is 6.33 Å². The van der Waals surface area contributed by atoms with Crippen molar-refractivity contribution in [3.05, 3.63) is 66.3 Å². The Hall–Kier alpha value is -2.47. The van der Waals surface area contributed by atoms with E-state index < -0.39 is 0 Å². The number of benzene rings is 1. The molecule has 2 aromatic heterocycles. The van der Waals surface area contributed by atoms with Crippen LogP contribution >= 0.6 is 0 Å². The Bertz CT molecular complexity index is 700. The lowest BCUT2D eigenvalue weighted by Gasteiger charge is -2.14. The summed E-state index contributed by atoms with van der Waals surface area (Å²) in [5.41, 5.74) is 8.53. The molecule has 0 spiro atoms. The van der Waals surface area contributed by atoms with Crippen molar-refractivity contribution in [3.8, 4) is 0 Å². The Balaban J connectivity index is 1.75. The van der Waals surface area contributed by atoms with Crippen LogP contribution in [0.5, 0.6) is 0 Å². The Morgan fingerprint density at radius 3 is 2.71 bits per heavy atom. The normalized spacial score (nSPS) is 12.5. The minimum absolute atomic E-state index is 0.0985. The highest BCUT2D eigenvalue weighted by atomic mass is 15.3. The lowest BCUT2D eigenvalue weighted by atomic mass is 10.0. The van der Waals surface area contributed by atoms with Crippen LogP contribution in [0.3, 0.4) is 0 Å². The van der Waals surface area contributed by atoms with Crippen molar-refractivity contribution in [2.45, 2.75) is 19.0 Å². The summed E-state index contributed by atoms with van der Waals surface area (Å²) in [7, 11) is 1.85. The van der Waals surface area contributed by atoms with Crippen LogP contribution in [0.25, 0.3) is 0 Å². The first-order valence-corrected chi connectivity index (χ1v) is 6.86. The van der Waals surface area contributed by atoms with Crippen LogP contribution in [0, 0.1) is 0 Å². The highest BCUT2D eigenvalue weighted by molar-refractivity contribution is 5.18. The predicted octanol–water partition coefficient (Wildman–Crippen LogP) is 1.30. The molecule has 2 N–H and O–H groups in total. The highest BCUT2D eigenvalue weighted by Crippen LogP contribution is 2.16. The number of nitrogens with zero attached hydrogens (tertiary/aromatic N) is 5. The van der Waals surface area contributed by atoms with E-state index in [4.69, 9.17) is 5.73 Å². The molecule has 0 saturated carbocycles. The van der Waals surface area contributed by atoms with Crippen molar-refractivity contribution < 1.29 is 0 Å². The molecule has 0 radical (unpaired) electrons. The maximum absolute atomic E-state index is 6.32. The third kappa shape index (κ3) is 3.17. The summed E-state index contributed by atoms with van der Waals surface area (Å²) in [5.74, 6) is 0.753. The minimum Gasteiger partial charge on any atom is -0.325 e. The quantitative estimate of drug-likeness (QED) is 0.765. The molecule has 0 aliphatic carbocycles. The molecule has 0 saturated heterocycles. The SMILES string of the molecule is Cn1cnc(Cn2cncc2[C@H](N)Cc2ccccc2)n1. The van der Waals surface area contributed by atoms with Crippen LogP contribution in [0.2, 0.25) is 0 Å². The van der Waals surface area contributed by atoms with Gasteiger partial charge in [-0.15, -0.1) is 0 Å². The summed E-state index contributed by atoms with van der Waals surface area (Å²) in [5, 5.41) is 4.29. The predicted molar refractivity (Wildman–Crippen MR) is 79.4 cm³/mol. The number of rotatable bonds is 5. The van der Waals surface area contributed by atoms with Gasteiger partial charge in [0.15, 0.2) is 5.82 Å². The molecular weight excluding hydrogens is 264 g/mol. The Morgan fingerprint density at radius 2 is 2.00 bits per heavy atom. The van der Waals surface area contributed by atoms with Gasteiger partial charge in [-0.1, -0.05) is 30.3 Å². The van der Waals surface area contributed by atoms with E-state index >= 15 is 0 Å². The fraction of sp³-hybridized carbons (Fsp3) is 0.267. The van der Waals surface area contributed by atoms with Crippen LogP contribution in [-0.4, -0.2) is 24.3 Å². The molecule has 0 aliphatic rings. The smallest absolute Gasteiger partial charge is 0.170 e. The third-order valence-corrected chi connectivity index (χ3v) is 3.38. The molecule has 3 aromatic rings. The number of imidazole rings is 1. The van der Waals surface area contributed by atoms with E-state index in [1.807, 2.05) is 36.0 Å². The second kappa shape index (κ2) is 5.88. The van der Waals surface area contributed by atoms with Crippen molar-refractivity contribution >= 4 is 0 Å². The topological polar surface area (TPSA) is 74.5 Å². The molecule has 0 unspecified atom stereocenters. The fourth-order valence-electron chi connectivity index (χ4n) is 2.35. The van der Waals surface area contributed by atoms with E-state index in [1.165, 1.54) is 5.56 Å². The second-order valence-corrected chi connectivity index (χ2v) is 5.08. The van der Waals surface area contributed by atoms with Crippen LogP contribution < -0.4 is 5.73 Å². The molecule has 2 heterocycles. The van der Waals surface area contributed by atoms with Gasteiger partial charge in [-0.05, 0) is 12.0 Å². The second-order valence-electron chi connectivity index (χ2n) is 5.08. The first-order valence-electron chi connectivity index (χ1n) is 6.86. The van der Waals surface area contributed by atoms with Crippen LogP contribution in [0.4, 0.5) is 0 Å². The zero-order valence-corrected chi connectivity index (χ0v) is 11.9. The van der Waals surface area contributed by atoms with E-state index in [1.54, 1.807) is 17.3 Å². The van der Waals surface area contributed by atoms with Crippen molar-refractivity contribution in [1.82, 2.24) is 24.3 Å². The van der Waals surface area contributed by atoms with Gasteiger partial charge in [-0.3, -0.25) is 4.68 Å². The average molecular weight is 282 g/mol. The van der Waals surface area contributed by atoms with Crippen LogP contribution in [0.15, 0.2) is 49.2 Å². The van der Waals surface area contributed by atoms with Gasteiger partial charge in [0.2, 0.25) is 0 Å². The van der Waals surface area contributed by atoms with Crippen molar-refractivity contribution in [1.29, 1.82) is 0 Å². The lowest BCUT2D eigenvalue weighted by Crippen LogP contribution is -2.18. The number of hydrogen-bond acceptors (Lipinski definition) is 4. The average Bonchev–Trinajstić information content (AvgIpc) is 3.10. The van der Waals surface area contributed by atoms with Crippen LogP contribution in [0.1, 0.15) is 23.1 Å². The molecule has 21 heavy (non-hydrogen) atoms.